The van der Waals surface area contributed by atoms with Crippen molar-refractivity contribution >= 4 is 39.0 Å². The summed E-state index contributed by atoms with van der Waals surface area (Å²) < 4.78 is 13.9. The van der Waals surface area contributed by atoms with Crippen LogP contribution < -0.4 is 9.64 Å². The van der Waals surface area contributed by atoms with E-state index in [1.807, 2.05) is 0 Å². The van der Waals surface area contributed by atoms with E-state index in [1.165, 1.54) is 55.6 Å². The molecule has 1 aromatic heterocycles. The first-order valence-electron chi connectivity index (χ1n) is 24.1. The van der Waals surface area contributed by atoms with Gasteiger partial charge in [-0.3, -0.25) is 0 Å². The summed E-state index contributed by atoms with van der Waals surface area (Å²) in [5, 5.41) is 2.24. The van der Waals surface area contributed by atoms with E-state index in [2.05, 4.69) is 254 Å². The first kappa shape index (κ1) is 38.9. The van der Waals surface area contributed by atoms with Gasteiger partial charge < -0.3 is 14.1 Å². The Hall–Kier alpha value is -9.18. The van der Waals surface area contributed by atoms with Crippen LogP contribution in [0.4, 0.5) is 17.1 Å². The van der Waals surface area contributed by atoms with E-state index in [9.17, 15) is 0 Å². The summed E-state index contributed by atoms with van der Waals surface area (Å²) in [4.78, 5) is 2.43. The molecule has 0 radical (unpaired) electrons. The van der Waals surface area contributed by atoms with Crippen LogP contribution in [0.2, 0.25) is 0 Å². The van der Waals surface area contributed by atoms with Gasteiger partial charge in [-0.05, 0) is 121 Å². The van der Waals surface area contributed by atoms with Gasteiger partial charge in [-0.1, -0.05) is 200 Å². The van der Waals surface area contributed by atoms with Crippen LogP contribution in [-0.4, -0.2) is 0 Å². The maximum absolute atomic E-state index is 7.28. The SMILES string of the molecule is c1ccc(-c2ccccc2N(c2ccc3c(c2)-c2ccccc2-c2ccccc2C32c3ccccc3-c3cc4oc5ccccc5c4cc32)c2cccc3c2Oc2ccccc2-c2ccccc2-3)cc1. The standard InChI is InChI=1S/C67H41NO2/c1-2-19-42(20-3-1)44-21-10-15-33-61(44)68(62-34-18-30-53-47-24-6-5-23-46(47)51-28-11-17-36-64(51)70-66(53)62)43-37-38-59-54(39-43)48-25-7-4-22-45(48)49-26-8-13-31-57(49)67(59)58-32-14-9-27-50(58)55-41-65-56(40-60(55)67)52-29-12-16-35-63(52)69-65/h1-41H. The lowest BCUT2D eigenvalue weighted by Crippen LogP contribution is -2.29. The van der Waals surface area contributed by atoms with Gasteiger partial charge in [-0.2, -0.15) is 0 Å². The lowest BCUT2D eigenvalue weighted by molar-refractivity contribution is 0.489. The van der Waals surface area contributed by atoms with E-state index in [0.717, 1.165) is 83.9 Å². The van der Waals surface area contributed by atoms with Crippen molar-refractivity contribution < 1.29 is 9.15 Å². The molecule has 1 aliphatic heterocycles. The molecule has 3 nitrogen and oxygen atoms in total. The highest BCUT2D eigenvalue weighted by atomic mass is 16.5. The predicted octanol–water partition coefficient (Wildman–Crippen LogP) is 18.2. The average molecular weight is 892 g/mol. The van der Waals surface area contributed by atoms with Crippen molar-refractivity contribution in [3.8, 4) is 78.3 Å². The summed E-state index contributed by atoms with van der Waals surface area (Å²) >= 11 is 0. The Balaban J connectivity index is 1.06. The van der Waals surface area contributed by atoms with Crippen molar-refractivity contribution in [1.29, 1.82) is 0 Å². The summed E-state index contributed by atoms with van der Waals surface area (Å²) in [5.41, 5.74) is 23.0. The fourth-order valence-corrected chi connectivity index (χ4v) is 12.2. The second-order valence-corrected chi connectivity index (χ2v) is 18.6. The van der Waals surface area contributed by atoms with Crippen LogP contribution in [0.3, 0.4) is 0 Å². The van der Waals surface area contributed by atoms with Gasteiger partial charge in [0.15, 0.2) is 5.75 Å². The Morgan fingerprint density at radius 1 is 0.300 bits per heavy atom. The minimum Gasteiger partial charge on any atom is -0.456 e. The first-order valence-corrected chi connectivity index (χ1v) is 24.1. The van der Waals surface area contributed by atoms with Crippen LogP contribution >= 0.6 is 0 Å². The number of furan rings is 1. The minimum absolute atomic E-state index is 0.685. The van der Waals surface area contributed by atoms with Crippen LogP contribution in [0.1, 0.15) is 22.3 Å². The highest BCUT2D eigenvalue weighted by Gasteiger charge is 2.50. The first-order chi connectivity index (χ1) is 34.7. The van der Waals surface area contributed by atoms with E-state index in [4.69, 9.17) is 9.15 Å². The van der Waals surface area contributed by atoms with E-state index in [-0.39, 0.29) is 0 Å². The summed E-state index contributed by atoms with van der Waals surface area (Å²) in [6, 6.07) is 90.7. The van der Waals surface area contributed by atoms with Gasteiger partial charge in [0.1, 0.15) is 16.9 Å². The summed E-state index contributed by atoms with van der Waals surface area (Å²) in [5.74, 6) is 1.63. The number of nitrogens with zero attached hydrogens (tertiary/aromatic N) is 1. The number of rotatable bonds is 4. The largest absolute Gasteiger partial charge is 0.456 e. The van der Waals surface area contributed by atoms with Crippen molar-refractivity contribution in [3.63, 3.8) is 0 Å². The highest BCUT2D eigenvalue weighted by molar-refractivity contribution is 6.09. The number of fused-ring (bicyclic) bond motifs is 20. The third-order valence-electron chi connectivity index (χ3n) is 15.1. The third kappa shape index (κ3) is 5.40. The van der Waals surface area contributed by atoms with Crippen LogP contribution in [0.5, 0.6) is 11.5 Å². The average Bonchev–Trinajstić information content (AvgIpc) is 3.84. The smallest absolute Gasteiger partial charge is 0.159 e. The van der Waals surface area contributed by atoms with Gasteiger partial charge in [0.25, 0.3) is 0 Å². The Bertz CT molecular complexity index is 4130. The molecule has 2 aliphatic carbocycles. The molecule has 3 heteroatoms. The van der Waals surface area contributed by atoms with E-state index in [1.54, 1.807) is 0 Å². The van der Waals surface area contributed by atoms with Crippen LogP contribution in [0.15, 0.2) is 253 Å². The number of hydrogen-bond acceptors (Lipinski definition) is 3. The van der Waals surface area contributed by atoms with Crippen LogP contribution in [0, 0.1) is 0 Å². The second-order valence-electron chi connectivity index (χ2n) is 18.6. The molecule has 0 N–H and O–H groups in total. The maximum Gasteiger partial charge on any atom is 0.159 e. The molecule has 326 valence electrons. The molecule has 15 rings (SSSR count). The number of benzene rings is 11. The molecular weight excluding hydrogens is 851 g/mol. The molecule has 11 aromatic carbocycles. The lowest BCUT2D eigenvalue weighted by atomic mass is 9.65. The van der Waals surface area contributed by atoms with E-state index in [0.29, 0.717) is 0 Å². The number of ether oxygens (including phenoxy) is 1. The van der Waals surface area contributed by atoms with Crippen LogP contribution in [0.25, 0.3) is 88.7 Å². The van der Waals surface area contributed by atoms with Crippen molar-refractivity contribution in [2.45, 2.75) is 5.41 Å². The fraction of sp³-hybridized carbons (Fsp3) is 0.0149. The van der Waals surface area contributed by atoms with Gasteiger partial charge in [-0.15, -0.1) is 0 Å². The normalized spacial score (nSPS) is 14.5. The van der Waals surface area contributed by atoms with Gasteiger partial charge in [0.05, 0.1) is 16.8 Å². The van der Waals surface area contributed by atoms with E-state index >= 15 is 0 Å². The molecule has 0 amide bonds. The molecule has 0 fully saturated rings. The van der Waals surface area contributed by atoms with Gasteiger partial charge >= 0.3 is 0 Å². The van der Waals surface area contributed by atoms with Crippen molar-refractivity contribution in [2.75, 3.05) is 4.90 Å². The lowest BCUT2D eigenvalue weighted by Gasteiger charge is -2.36. The van der Waals surface area contributed by atoms with E-state index < -0.39 is 5.41 Å². The quantitative estimate of drug-likeness (QED) is 0.176. The van der Waals surface area contributed by atoms with Crippen molar-refractivity contribution in [3.05, 3.63) is 271 Å². The van der Waals surface area contributed by atoms with Crippen molar-refractivity contribution in [1.82, 2.24) is 0 Å². The zero-order chi connectivity index (χ0) is 45.9. The van der Waals surface area contributed by atoms with Crippen LogP contribution in [-0.2, 0) is 5.41 Å². The Kier molecular flexibility index (Phi) is 8.28. The molecule has 1 atom stereocenters. The zero-order valence-corrected chi connectivity index (χ0v) is 37.9. The Labute approximate surface area is 405 Å². The Morgan fingerprint density at radius 2 is 0.829 bits per heavy atom. The Morgan fingerprint density at radius 3 is 1.60 bits per heavy atom. The minimum atomic E-state index is -0.685. The monoisotopic (exact) mass is 891 g/mol. The maximum atomic E-state index is 7.28. The van der Waals surface area contributed by atoms with Crippen molar-refractivity contribution in [2.24, 2.45) is 0 Å². The molecular formula is C67H41NO2. The second kappa shape index (κ2) is 14.9. The number of hydrogen-bond donors (Lipinski definition) is 0. The fourth-order valence-electron chi connectivity index (χ4n) is 12.2. The summed E-state index contributed by atoms with van der Waals surface area (Å²) in [6.07, 6.45) is 0. The van der Waals surface area contributed by atoms with Gasteiger partial charge in [-0.25, -0.2) is 0 Å². The molecule has 70 heavy (non-hydrogen) atoms. The molecule has 0 saturated heterocycles. The predicted molar refractivity (Wildman–Crippen MR) is 287 cm³/mol. The molecule has 1 unspecified atom stereocenters. The van der Waals surface area contributed by atoms with Gasteiger partial charge in [0, 0.05) is 33.2 Å². The molecule has 0 saturated carbocycles. The van der Waals surface area contributed by atoms with Gasteiger partial charge in [0.2, 0.25) is 0 Å². The summed E-state index contributed by atoms with van der Waals surface area (Å²) in [6.45, 7) is 0. The molecule has 12 aromatic rings. The molecule has 1 spiro atoms. The summed E-state index contributed by atoms with van der Waals surface area (Å²) in [7, 11) is 0. The number of anilines is 3. The molecule has 0 bridgehead atoms. The highest BCUT2D eigenvalue weighted by Crippen LogP contribution is 2.63. The topological polar surface area (TPSA) is 25.6 Å². The third-order valence-corrected chi connectivity index (χ3v) is 15.1. The molecule has 3 aliphatic rings. The zero-order valence-electron chi connectivity index (χ0n) is 37.9. The molecule has 2 heterocycles. The number of para-hydroxylation sites is 4.